The molecule has 82 valence electrons. The molecule has 15 heavy (non-hydrogen) atoms. The Morgan fingerprint density at radius 2 is 2.00 bits per heavy atom. The molecule has 0 aliphatic rings. The predicted molar refractivity (Wildman–Crippen MR) is 64.5 cm³/mol. The van der Waals surface area contributed by atoms with Gasteiger partial charge in [0.15, 0.2) is 0 Å². The van der Waals surface area contributed by atoms with E-state index in [1.54, 1.807) is 0 Å². The molecule has 1 aromatic rings. The van der Waals surface area contributed by atoms with Crippen molar-refractivity contribution in [2.75, 3.05) is 6.61 Å². The maximum absolute atomic E-state index is 10.2. The minimum atomic E-state index is 0.438. The molecule has 0 atom stereocenters. The number of hydrogen-bond donors (Lipinski definition) is 0. The number of aldehydes is 1. The fraction of sp³-hybridized carbons (Fsp3) is 0.417. The number of aryl methyl sites for hydroxylation is 1. The topological polar surface area (TPSA) is 26.3 Å². The average molecular weight is 271 g/mol. The Morgan fingerprint density at radius 1 is 1.33 bits per heavy atom. The lowest BCUT2D eigenvalue weighted by Gasteiger charge is -2.13. The van der Waals surface area contributed by atoms with Crippen molar-refractivity contribution in [1.82, 2.24) is 0 Å². The smallest absolute Gasteiger partial charge is 0.123 e. The van der Waals surface area contributed by atoms with Crippen LogP contribution < -0.4 is 4.74 Å². The summed E-state index contributed by atoms with van der Waals surface area (Å²) in [6, 6.07) is 2.00. The van der Waals surface area contributed by atoms with Crippen molar-refractivity contribution >= 4 is 22.2 Å². The largest absolute Gasteiger partial charge is 0.493 e. The average Bonchev–Trinajstić information content (AvgIpc) is 2.23. The van der Waals surface area contributed by atoms with E-state index in [0.717, 1.165) is 27.6 Å². The van der Waals surface area contributed by atoms with Gasteiger partial charge in [-0.05, 0) is 43.5 Å². The fourth-order valence-corrected chi connectivity index (χ4v) is 1.79. The second-order valence-electron chi connectivity index (χ2n) is 3.56. The Hall–Kier alpha value is -0.830. The highest BCUT2D eigenvalue weighted by atomic mass is 79.9. The van der Waals surface area contributed by atoms with E-state index < -0.39 is 0 Å². The first-order valence-electron chi connectivity index (χ1n) is 4.90. The second kappa shape index (κ2) is 5.31. The van der Waals surface area contributed by atoms with Crippen molar-refractivity contribution in [3.63, 3.8) is 0 Å². The van der Waals surface area contributed by atoms with Crippen LogP contribution in [0.2, 0.25) is 0 Å². The summed E-state index contributed by atoms with van der Waals surface area (Å²) in [5.41, 5.74) is 3.47. The molecule has 0 saturated carbocycles. The van der Waals surface area contributed by atoms with Gasteiger partial charge in [0.2, 0.25) is 0 Å². The monoisotopic (exact) mass is 270 g/mol. The van der Waals surface area contributed by atoms with E-state index in [1.165, 1.54) is 5.56 Å². The summed E-state index contributed by atoms with van der Waals surface area (Å²) in [6.07, 6.45) is 1.31. The summed E-state index contributed by atoms with van der Waals surface area (Å²) in [5, 5.41) is 0. The molecular weight excluding hydrogens is 256 g/mol. The van der Waals surface area contributed by atoms with Gasteiger partial charge in [-0.15, -0.1) is 0 Å². The molecule has 0 unspecified atom stereocenters. The summed E-state index contributed by atoms with van der Waals surface area (Å²) in [6.45, 7) is 6.56. The molecule has 2 nitrogen and oxygen atoms in total. The van der Waals surface area contributed by atoms with Crippen molar-refractivity contribution in [3.8, 4) is 5.75 Å². The van der Waals surface area contributed by atoms with Crippen LogP contribution in [-0.4, -0.2) is 12.9 Å². The molecule has 0 N–H and O–H groups in total. The van der Waals surface area contributed by atoms with Crippen LogP contribution in [0.4, 0.5) is 0 Å². The number of rotatable bonds is 4. The van der Waals surface area contributed by atoms with Crippen molar-refractivity contribution in [3.05, 3.63) is 27.2 Å². The Bertz CT molecular complexity index is 372. The fourth-order valence-electron chi connectivity index (χ4n) is 1.38. The van der Waals surface area contributed by atoms with Gasteiger partial charge in [0.05, 0.1) is 6.61 Å². The van der Waals surface area contributed by atoms with Crippen LogP contribution in [0.15, 0.2) is 10.5 Å². The van der Waals surface area contributed by atoms with Crippen molar-refractivity contribution < 1.29 is 9.53 Å². The zero-order valence-corrected chi connectivity index (χ0v) is 10.8. The van der Waals surface area contributed by atoms with E-state index in [2.05, 4.69) is 22.9 Å². The molecule has 0 aromatic heterocycles. The Balaban J connectivity index is 2.93. The van der Waals surface area contributed by atoms with Gasteiger partial charge in [0.1, 0.15) is 12.0 Å². The first kappa shape index (κ1) is 12.2. The molecule has 0 amide bonds. The Labute approximate surface area is 98.8 Å². The summed E-state index contributed by atoms with van der Waals surface area (Å²) < 4.78 is 6.67. The van der Waals surface area contributed by atoms with E-state index in [0.29, 0.717) is 13.0 Å². The third kappa shape index (κ3) is 2.81. The molecule has 1 rings (SSSR count). The van der Waals surface area contributed by atoms with E-state index >= 15 is 0 Å². The van der Waals surface area contributed by atoms with Gasteiger partial charge in [-0.1, -0.05) is 15.9 Å². The number of carbonyl (C=O) groups is 1. The van der Waals surface area contributed by atoms with Gasteiger partial charge in [-0.3, -0.25) is 0 Å². The van der Waals surface area contributed by atoms with Crippen LogP contribution in [0.1, 0.15) is 23.1 Å². The highest BCUT2D eigenvalue weighted by Crippen LogP contribution is 2.31. The predicted octanol–water partition coefficient (Wildman–Crippen LogP) is 3.34. The second-order valence-corrected chi connectivity index (χ2v) is 4.35. The highest BCUT2D eigenvalue weighted by Gasteiger charge is 2.08. The van der Waals surface area contributed by atoms with Crippen molar-refractivity contribution in [2.45, 2.75) is 27.2 Å². The minimum absolute atomic E-state index is 0.438. The van der Waals surface area contributed by atoms with Gasteiger partial charge in [0.25, 0.3) is 0 Å². The van der Waals surface area contributed by atoms with Crippen LogP contribution in [0.25, 0.3) is 0 Å². The van der Waals surface area contributed by atoms with E-state index in [9.17, 15) is 4.79 Å². The zero-order valence-electron chi connectivity index (χ0n) is 9.26. The van der Waals surface area contributed by atoms with Crippen molar-refractivity contribution in [2.24, 2.45) is 0 Å². The molecule has 0 saturated heterocycles. The lowest BCUT2D eigenvalue weighted by atomic mass is 10.1. The zero-order chi connectivity index (χ0) is 11.4. The summed E-state index contributed by atoms with van der Waals surface area (Å²) in [4.78, 5) is 10.2. The highest BCUT2D eigenvalue weighted by molar-refractivity contribution is 9.10. The maximum atomic E-state index is 10.2. The molecule has 1 aromatic carbocycles. The van der Waals surface area contributed by atoms with Gasteiger partial charge in [-0.25, -0.2) is 0 Å². The molecule has 0 bridgehead atoms. The summed E-state index contributed by atoms with van der Waals surface area (Å²) in [5.74, 6) is 0.870. The van der Waals surface area contributed by atoms with Gasteiger partial charge < -0.3 is 9.53 Å². The van der Waals surface area contributed by atoms with E-state index in [-0.39, 0.29) is 0 Å². The lowest BCUT2D eigenvalue weighted by molar-refractivity contribution is -0.108. The van der Waals surface area contributed by atoms with Crippen LogP contribution >= 0.6 is 15.9 Å². The summed E-state index contributed by atoms with van der Waals surface area (Å²) in [7, 11) is 0. The first-order valence-corrected chi connectivity index (χ1v) is 5.70. The lowest BCUT2D eigenvalue weighted by Crippen LogP contribution is -2.01. The van der Waals surface area contributed by atoms with E-state index in [1.807, 2.05) is 19.9 Å². The normalized spacial score (nSPS) is 10.1. The number of benzene rings is 1. The van der Waals surface area contributed by atoms with Gasteiger partial charge >= 0.3 is 0 Å². The third-order valence-electron chi connectivity index (χ3n) is 2.45. The maximum Gasteiger partial charge on any atom is 0.123 e. The SMILES string of the molecule is Cc1cc(OCCC=O)c(C)c(C)c1Br. The molecule has 0 fully saturated rings. The number of halogens is 1. The molecule has 0 spiro atoms. The molecule has 0 aliphatic carbocycles. The quantitative estimate of drug-likeness (QED) is 0.620. The number of hydrogen-bond acceptors (Lipinski definition) is 2. The molecule has 0 aliphatic heterocycles. The van der Waals surface area contributed by atoms with Crippen LogP contribution in [0.5, 0.6) is 5.75 Å². The molecule has 0 heterocycles. The Morgan fingerprint density at radius 3 is 2.60 bits per heavy atom. The molecule has 3 heteroatoms. The molecule has 0 radical (unpaired) electrons. The number of carbonyl (C=O) groups excluding carboxylic acids is 1. The minimum Gasteiger partial charge on any atom is -0.493 e. The number of ether oxygens (including phenoxy) is 1. The first-order chi connectivity index (χ1) is 7.07. The van der Waals surface area contributed by atoms with Gasteiger partial charge in [0, 0.05) is 10.9 Å². The molecular formula is C12H15BrO2. The van der Waals surface area contributed by atoms with Crippen LogP contribution in [0, 0.1) is 20.8 Å². The van der Waals surface area contributed by atoms with Crippen molar-refractivity contribution in [1.29, 1.82) is 0 Å². The Kier molecular flexibility index (Phi) is 4.33. The van der Waals surface area contributed by atoms with Gasteiger partial charge in [-0.2, -0.15) is 0 Å². The van der Waals surface area contributed by atoms with E-state index in [4.69, 9.17) is 4.74 Å². The van der Waals surface area contributed by atoms with Crippen LogP contribution in [-0.2, 0) is 4.79 Å². The van der Waals surface area contributed by atoms with Crippen LogP contribution in [0.3, 0.4) is 0 Å². The third-order valence-corrected chi connectivity index (χ3v) is 3.67. The standard InChI is InChI=1S/C12H15BrO2/c1-8-7-11(15-6-4-5-14)9(2)10(3)12(8)13/h5,7H,4,6H2,1-3H3. The summed E-state index contributed by atoms with van der Waals surface area (Å²) >= 11 is 3.53.